The van der Waals surface area contributed by atoms with Gasteiger partial charge in [0.05, 0.1) is 6.33 Å². The van der Waals surface area contributed by atoms with Gasteiger partial charge >= 0.3 is 5.69 Å². The lowest BCUT2D eigenvalue weighted by Gasteiger charge is -2.15. The molecule has 0 aliphatic carbocycles. The fourth-order valence-corrected chi connectivity index (χ4v) is 2.56. The third-order valence-corrected chi connectivity index (χ3v) is 3.89. The van der Waals surface area contributed by atoms with Crippen molar-refractivity contribution in [1.29, 1.82) is 0 Å². The van der Waals surface area contributed by atoms with Gasteiger partial charge < -0.3 is 9.67 Å². The summed E-state index contributed by atoms with van der Waals surface area (Å²) in [5.74, 6) is 0.200. The van der Waals surface area contributed by atoms with Gasteiger partial charge in [-0.2, -0.15) is 0 Å². The average molecular weight is 294 g/mol. The van der Waals surface area contributed by atoms with Crippen LogP contribution in [0, 0.1) is 5.92 Å². The Labute approximate surface area is 122 Å². The van der Waals surface area contributed by atoms with Crippen LogP contribution in [-0.2, 0) is 13.1 Å². The molecule has 0 bridgehead atoms. The molecular formula is C14H22N4O3. The van der Waals surface area contributed by atoms with Gasteiger partial charge in [-0.15, -0.1) is 0 Å². The molecule has 2 rings (SSSR count). The molecule has 0 amide bonds. The first kappa shape index (κ1) is 15.5. The van der Waals surface area contributed by atoms with E-state index < -0.39 is 5.69 Å². The van der Waals surface area contributed by atoms with Gasteiger partial charge in [0.15, 0.2) is 11.2 Å². The van der Waals surface area contributed by atoms with Crippen LogP contribution in [0.5, 0.6) is 0 Å². The summed E-state index contributed by atoms with van der Waals surface area (Å²) in [6.45, 7) is 5.07. The van der Waals surface area contributed by atoms with Crippen LogP contribution in [0.2, 0.25) is 0 Å². The van der Waals surface area contributed by atoms with Crippen LogP contribution in [0.4, 0.5) is 0 Å². The summed E-state index contributed by atoms with van der Waals surface area (Å²) in [7, 11) is 0. The predicted molar refractivity (Wildman–Crippen MR) is 80.4 cm³/mol. The van der Waals surface area contributed by atoms with Crippen LogP contribution in [0.3, 0.4) is 0 Å². The molecule has 7 nitrogen and oxygen atoms in total. The summed E-state index contributed by atoms with van der Waals surface area (Å²) in [6.07, 6.45) is 3.90. The largest absolute Gasteiger partial charge is 0.396 e. The molecule has 0 aromatic carbocycles. The van der Waals surface area contributed by atoms with E-state index in [1.165, 1.54) is 4.57 Å². The van der Waals surface area contributed by atoms with Gasteiger partial charge in [0.1, 0.15) is 0 Å². The Balaban J connectivity index is 2.43. The molecule has 2 heterocycles. The molecule has 2 aromatic heterocycles. The van der Waals surface area contributed by atoms with Crippen molar-refractivity contribution in [2.45, 2.75) is 46.2 Å². The van der Waals surface area contributed by atoms with Crippen LogP contribution in [0.15, 0.2) is 15.9 Å². The summed E-state index contributed by atoms with van der Waals surface area (Å²) in [4.78, 5) is 31.4. The SMILES string of the molecule is CCC(CCCO)Cn1c(=O)[nH]c2ncn(CC)c2c1=O. The van der Waals surface area contributed by atoms with Crippen molar-refractivity contribution in [3.63, 3.8) is 0 Å². The van der Waals surface area contributed by atoms with E-state index in [-0.39, 0.29) is 18.1 Å². The first-order chi connectivity index (χ1) is 10.1. The zero-order chi connectivity index (χ0) is 15.4. The number of imidazole rings is 1. The van der Waals surface area contributed by atoms with Crippen LogP contribution >= 0.6 is 0 Å². The number of aliphatic hydroxyl groups excluding tert-OH is 1. The van der Waals surface area contributed by atoms with Gasteiger partial charge in [-0.05, 0) is 25.7 Å². The molecule has 7 heteroatoms. The zero-order valence-corrected chi connectivity index (χ0v) is 12.5. The summed E-state index contributed by atoms with van der Waals surface area (Å²) < 4.78 is 2.99. The monoisotopic (exact) mass is 294 g/mol. The number of hydrogen-bond acceptors (Lipinski definition) is 4. The zero-order valence-electron chi connectivity index (χ0n) is 12.5. The molecule has 116 valence electrons. The van der Waals surface area contributed by atoms with Crippen LogP contribution in [0.25, 0.3) is 11.2 Å². The molecule has 0 spiro atoms. The first-order valence-corrected chi connectivity index (χ1v) is 7.41. The molecule has 1 atom stereocenters. The van der Waals surface area contributed by atoms with E-state index in [0.717, 1.165) is 12.8 Å². The van der Waals surface area contributed by atoms with Crippen LogP contribution < -0.4 is 11.2 Å². The Morgan fingerprint density at radius 2 is 2.14 bits per heavy atom. The molecule has 1 unspecified atom stereocenters. The molecule has 2 N–H and O–H groups in total. The summed E-state index contributed by atoms with van der Waals surface area (Å²) in [6, 6.07) is 0. The summed E-state index contributed by atoms with van der Waals surface area (Å²) >= 11 is 0. The lowest BCUT2D eigenvalue weighted by molar-refractivity contribution is 0.262. The molecule has 21 heavy (non-hydrogen) atoms. The van der Waals surface area contributed by atoms with Gasteiger partial charge in [0, 0.05) is 19.7 Å². The molecular weight excluding hydrogens is 272 g/mol. The predicted octanol–water partition coefficient (Wildman–Crippen LogP) is 0.705. The van der Waals surface area contributed by atoms with Crippen molar-refractivity contribution in [3.8, 4) is 0 Å². The fraction of sp³-hybridized carbons (Fsp3) is 0.643. The molecule has 0 aliphatic rings. The second-order valence-electron chi connectivity index (χ2n) is 5.21. The van der Waals surface area contributed by atoms with E-state index in [1.54, 1.807) is 10.9 Å². The Hall–Kier alpha value is -1.89. The highest BCUT2D eigenvalue weighted by atomic mass is 16.3. The fourth-order valence-electron chi connectivity index (χ4n) is 2.56. The normalized spacial score (nSPS) is 12.9. The number of aryl methyl sites for hydroxylation is 1. The van der Waals surface area contributed by atoms with Crippen molar-refractivity contribution >= 4 is 11.2 Å². The Morgan fingerprint density at radius 3 is 2.76 bits per heavy atom. The number of aromatic amines is 1. The second kappa shape index (κ2) is 6.71. The highest BCUT2D eigenvalue weighted by Gasteiger charge is 2.15. The average Bonchev–Trinajstić information content (AvgIpc) is 2.89. The van der Waals surface area contributed by atoms with Gasteiger partial charge in [-0.25, -0.2) is 9.78 Å². The van der Waals surface area contributed by atoms with E-state index in [1.807, 2.05) is 13.8 Å². The number of H-pyrrole nitrogens is 1. The number of hydrogen-bond donors (Lipinski definition) is 2. The Kier molecular flexibility index (Phi) is 4.95. The summed E-state index contributed by atoms with van der Waals surface area (Å²) in [5, 5.41) is 8.92. The number of nitrogens with zero attached hydrogens (tertiary/aromatic N) is 3. The number of aromatic nitrogens is 4. The van der Waals surface area contributed by atoms with E-state index in [0.29, 0.717) is 30.7 Å². The molecule has 0 saturated carbocycles. The van der Waals surface area contributed by atoms with E-state index >= 15 is 0 Å². The first-order valence-electron chi connectivity index (χ1n) is 7.41. The van der Waals surface area contributed by atoms with Gasteiger partial charge in [0.25, 0.3) is 5.56 Å². The van der Waals surface area contributed by atoms with Crippen molar-refractivity contribution < 1.29 is 5.11 Å². The molecule has 0 fully saturated rings. The summed E-state index contributed by atoms with van der Waals surface area (Å²) in [5.41, 5.74) is 0.0625. The van der Waals surface area contributed by atoms with Crippen molar-refractivity contribution in [2.75, 3.05) is 6.61 Å². The lowest BCUT2D eigenvalue weighted by Crippen LogP contribution is -2.37. The smallest absolute Gasteiger partial charge is 0.330 e. The van der Waals surface area contributed by atoms with E-state index in [9.17, 15) is 9.59 Å². The topological polar surface area (TPSA) is 92.9 Å². The van der Waals surface area contributed by atoms with Gasteiger partial charge in [0.2, 0.25) is 0 Å². The van der Waals surface area contributed by atoms with Crippen molar-refractivity contribution in [2.24, 2.45) is 5.92 Å². The molecule has 0 aliphatic heterocycles. The molecule has 0 radical (unpaired) electrons. The Morgan fingerprint density at radius 1 is 1.38 bits per heavy atom. The van der Waals surface area contributed by atoms with Gasteiger partial charge in [-0.3, -0.25) is 14.3 Å². The maximum Gasteiger partial charge on any atom is 0.330 e. The number of nitrogens with one attached hydrogen (secondary N) is 1. The molecule has 0 saturated heterocycles. The van der Waals surface area contributed by atoms with E-state index in [2.05, 4.69) is 9.97 Å². The molecule has 2 aromatic rings. The number of aliphatic hydroxyl groups is 1. The third kappa shape index (κ3) is 3.07. The minimum absolute atomic E-state index is 0.128. The highest BCUT2D eigenvalue weighted by Crippen LogP contribution is 2.12. The number of fused-ring (bicyclic) bond motifs is 1. The van der Waals surface area contributed by atoms with Crippen molar-refractivity contribution in [3.05, 3.63) is 27.2 Å². The minimum Gasteiger partial charge on any atom is -0.396 e. The lowest BCUT2D eigenvalue weighted by atomic mass is 10.0. The van der Waals surface area contributed by atoms with Crippen LogP contribution in [0.1, 0.15) is 33.1 Å². The van der Waals surface area contributed by atoms with E-state index in [4.69, 9.17) is 5.11 Å². The maximum atomic E-state index is 12.5. The Bertz CT molecular complexity index is 713. The third-order valence-electron chi connectivity index (χ3n) is 3.89. The van der Waals surface area contributed by atoms with Crippen LogP contribution in [-0.4, -0.2) is 30.8 Å². The van der Waals surface area contributed by atoms with Gasteiger partial charge in [-0.1, -0.05) is 13.3 Å². The maximum absolute atomic E-state index is 12.5. The number of rotatable bonds is 7. The highest BCUT2D eigenvalue weighted by molar-refractivity contribution is 5.68. The minimum atomic E-state index is -0.420. The van der Waals surface area contributed by atoms with Crippen molar-refractivity contribution in [1.82, 2.24) is 19.1 Å². The second-order valence-corrected chi connectivity index (χ2v) is 5.21. The standard InChI is InChI=1S/C14H22N4O3/c1-3-10(6-5-7-19)8-18-13(20)11-12(16-14(18)21)15-9-17(11)4-2/h9-10,19H,3-8H2,1-2H3,(H,16,21). The quantitative estimate of drug-likeness (QED) is 0.786.